The molecule has 0 atom stereocenters. The quantitative estimate of drug-likeness (QED) is 0.409. The number of benzene rings is 1. The number of rotatable bonds is 6. The van der Waals surface area contributed by atoms with E-state index in [0.717, 1.165) is 55.6 Å². The van der Waals surface area contributed by atoms with Crippen molar-refractivity contribution < 1.29 is 18.0 Å². The predicted octanol–water partition coefficient (Wildman–Crippen LogP) is 6.03. The molecular weight excluding hydrogens is 450 g/mol. The number of aromatic nitrogens is 2. The van der Waals surface area contributed by atoms with Crippen molar-refractivity contribution in [2.24, 2.45) is 5.92 Å². The SMILES string of the molecule is CCc1nn(CC2CCC(NC(=O)c3c(F)c(C)c(F)c(F)c3Cl)CC2)c(CC)c1Cl. The zero-order valence-electron chi connectivity index (χ0n) is 17.8. The molecule has 1 amide bonds. The van der Waals surface area contributed by atoms with E-state index >= 15 is 0 Å². The molecule has 1 aromatic carbocycles. The van der Waals surface area contributed by atoms with E-state index in [1.165, 1.54) is 0 Å². The molecule has 0 radical (unpaired) electrons. The Kier molecular flexibility index (Phi) is 7.58. The Hall–Kier alpha value is -1.73. The Balaban J connectivity index is 1.63. The summed E-state index contributed by atoms with van der Waals surface area (Å²) in [5.74, 6) is -4.37. The molecule has 0 spiro atoms. The molecule has 0 saturated heterocycles. The fraction of sp³-hybridized carbons (Fsp3) is 0.545. The number of carbonyl (C=O) groups is 1. The summed E-state index contributed by atoms with van der Waals surface area (Å²) < 4.78 is 43.9. The van der Waals surface area contributed by atoms with E-state index in [-0.39, 0.29) is 6.04 Å². The van der Waals surface area contributed by atoms with Crippen LogP contribution in [0.2, 0.25) is 10.0 Å². The summed E-state index contributed by atoms with van der Waals surface area (Å²) in [4.78, 5) is 12.5. The highest BCUT2D eigenvalue weighted by atomic mass is 35.5. The van der Waals surface area contributed by atoms with Crippen LogP contribution in [0.15, 0.2) is 0 Å². The summed E-state index contributed by atoms with van der Waals surface area (Å²) in [7, 11) is 0. The topological polar surface area (TPSA) is 46.9 Å². The van der Waals surface area contributed by atoms with Crippen molar-refractivity contribution in [2.75, 3.05) is 0 Å². The van der Waals surface area contributed by atoms with Gasteiger partial charge >= 0.3 is 0 Å². The number of halogens is 5. The maximum absolute atomic E-state index is 14.4. The Morgan fingerprint density at radius 2 is 1.68 bits per heavy atom. The first kappa shape index (κ1) is 23.9. The molecule has 0 unspecified atom stereocenters. The number of amides is 1. The molecule has 1 fully saturated rings. The van der Waals surface area contributed by atoms with Crippen LogP contribution >= 0.6 is 23.2 Å². The van der Waals surface area contributed by atoms with Gasteiger partial charge < -0.3 is 5.32 Å². The zero-order chi connectivity index (χ0) is 22.9. The van der Waals surface area contributed by atoms with E-state index in [4.69, 9.17) is 23.2 Å². The van der Waals surface area contributed by atoms with Gasteiger partial charge in [-0.1, -0.05) is 37.0 Å². The average molecular weight is 476 g/mol. The summed E-state index contributed by atoms with van der Waals surface area (Å²) in [5, 5.41) is 7.27. The summed E-state index contributed by atoms with van der Waals surface area (Å²) in [6, 6.07) is -0.189. The lowest BCUT2D eigenvalue weighted by atomic mass is 9.86. The number of hydrogen-bond acceptors (Lipinski definition) is 2. The van der Waals surface area contributed by atoms with Gasteiger partial charge in [-0.05, 0) is 51.4 Å². The summed E-state index contributed by atoms with van der Waals surface area (Å²) in [6.45, 7) is 5.90. The molecule has 1 aromatic heterocycles. The lowest BCUT2D eigenvalue weighted by molar-refractivity contribution is 0.0915. The van der Waals surface area contributed by atoms with Crippen LogP contribution in [0, 0.1) is 30.3 Å². The second-order valence-corrected chi connectivity index (χ2v) is 8.80. The largest absolute Gasteiger partial charge is 0.349 e. The summed E-state index contributed by atoms with van der Waals surface area (Å²) >= 11 is 12.1. The monoisotopic (exact) mass is 475 g/mol. The lowest BCUT2D eigenvalue weighted by Gasteiger charge is -2.29. The molecule has 1 N–H and O–H groups in total. The highest BCUT2D eigenvalue weighted by Crippen LogP contribution is 2.31. The minimum Gasteiger partial charge on any atom is -0.349 e. The fourth-order valence-corrected chi connectivity index (χ4v) is 4.84. The molecule has 0 aliphatic heterocycles. The average Bonchev–Trinajstić information content (AvgIpc) is 3.06. The molecule has 0 bridgehead atoms. The van der Waals surface area contributed by atoms with Crippen LogP contribution < -0.4 is 5.32 Å². The molecule has 1 aliphatic rings. The van der Waals surface area contributed by atoms with Gasteiger partial charge in [-0.2, -0.15) is 5.10 Å². The molecular formula is C22H26Cl2F3N3O. The van der Waals surface area contributed by atoms with Gasteiger partial charge in [0.25, 0.3) is 5.91 Å². The minimum atomic E-state index is -1.41. The molecule has 1 saturated carbocycles. The number of hydrogen-bond donors (Lipinski definition) is 1. The van der Waals surface area contributed by atoms with E-state index in [1.54, 1.807) is 0 Å². The van der Waals surface area contributed by atoms with E-state index in [2.05, 4.69) is 17.3 Å². The van der Waals surface area contributed by atoms with Crippen LogP contribution in [0.4, 0.5) is 13.2 Å². The Bertz CT molecular complexity index is 956. The molecule has 3 rings (SSSR count). The maximum Gasteiger partial charge on any atom is 0.256 e. The van der Waals surface area contributed by atoms with E-state index in [1.807, 2.05) is 11.6 Å². The number of nitrogens with zero attached hydrogens (tertiary/aromatic N) is 2. The van der Waals surface area contributed by atoms with Crippen molar-refractivity contribution >= 4 is 29.1 Å². The zero-order valence-corrected chi connectivity index (χ0v) is 19.3. The van der Waals surface area contributed by atoms with Crippen molar-refractivity contribution in [3.8, 4) is 0 Å². The molecule has 9 heteroatoms. The second kappa shape index (κ2) is 9.82. The van der Waals surface area contributed by atoms with Crippen molar-refractivity contribution in [1.29, 1.82) is 0 Å². The molecule has 1 aliphatic carbocycles. The molecule has 1 heterocycles. The highest BCUT2D eigenvalue weighted by molar-refractivity contribution is 6.34. The van der Waals surface area contributed by atoms with Crippen LogP contribution in [0.25, 0.3) is 0 Å². The smallest absolute Gasteiger partial charge is 0.256 e. The van der Waals surface area contributed by atoms with E-state index in [9.17, 15) is 18.0 Å². The van der Waals surface area contributed by atoms with E-state index in [0.29, 0.717) is 18.8 Å². The van der Waals surface area contributed by atoms with Crippen molar-refractivity contribution in [3.05, 3.63) is 50.0 Å². The first-order valence-corrected chi connectivity index (χ1v) is 11.3. The normalized spacial score (nSPS) is 19.0. The van der Waals surface area contributed by atoms with Gasteiger partial charge in [0.15, 0.2) is 11.6 Å². The van der Waals surface area contributed by atoms with Crippen molar-refractivity contribution in [2.45, 2.75) is 71.9 Å². The van der Waals surface area contributed by atoms with Crippen LogP contribution in [0.1, 0.15) is 66.8 Å². The third-order valence-electron chi connectivity index (χ3n) is 6.05. The molecule has 31 heavy (non-hydrogen) atoms. The van der Waals surface area contributed by atoms with Crippen molar-refractivity contribution in [1.82, 2.24) is 15.1 Å². The van der Waals surface area contributed by atoms with Gasteiger partial charge in [0.1, 0.15) is 5.82 Å². The standard InChI is InChI=1S/C22H26Cl2F3N3O/c1-4-14-17(23)15(5-2)30(29-14)10-12-6-8-13(9-7-12)28-22(31)16-18(24)21(27)20(26)11(3)19(16)25/h12-13H,4-10H2,1-3H3,(H,28,31). The van der Waals surface area contributed by atoms with Gasteiger partial charge in [-0.25, -0.2) is 13.2 Å². The lowest BCUT2D eigenvalue weighted by Crippen LogP contribution is -2.39. The van der Waals surface area contributed by atoms with Gasteiger partial charge in [0.05, 0.1) is 27.0 Å². The number of aryl methyl sites for hydroxylation is 1. The third kappa shape index (κ3) is 4.72. The van der Waals surface area contributed by atoms with Gasteiger partial charge in [0, 0.05) is 18.2 Å². The summed E-state index contributed by atoms with van der Waals surface area (Å²) in [6.07, 6.45) is 4.66. The van der Waals surface area contributed by atoms with Crippen molar-refractivity contribution in [3.63, 3.8) is 0 Å². The summed E-state index contributed by atoms with van der Waals surface area (Å²) in [5.41, 5.74) is 0.728. The number of nitrogens with one attached hydrogen (secondary N) is 1. The maximum atomic E-state index is 14.4. The third-order valence-corrected chi connectivity index (χ3v) is 6.84. The fourth-order valence-electron chi connectivity index (χ4n) is 4.19. The van der Waals surface area contributed by atoms with Gasteiger partial charge in [-0.15, -0.1) is 0 Å². The second-order valence-electron chi connectivity index (χ2n) is 8.04. The predicted molar refractivity (Wildman–Crippen MR) is 115 cm³/mol. The number of carbonyl (C=O) groups excluding carboxylic acids is 1. The Labute approximate surface area is 190 Å². The minimum absolute atomic E-state index is 0.189. The highest BCUT2D eigenvalue weighted by Gasteiger charge is 2.29. The Morgan fingerprint density at radius 3 is 2.26 bits per heavy atom. The van der Waals surface area contributed by atoms with Crippen LogP contribution in [0.3, 0.4) is 0 Å². The first-order valence-electron chi connectivity index (χ1n) is 10.6. The Morgan fingerprint density at radius 1 is 1.03 bits per heavy atom. The van der Waals surface area contributed by atoms with Crippen LogP contribution in [-0.4, -0.2) is 21.7 Å². The van der Waals surface area contributed by atoms with E-state index < -0.39 is 39.5 Å². The first-order chi connectivity index (χ1) is 14.7. The van der Waals surface area contributed by atoms with Crippen LogP contribution in [-0.2, 0) is 19.4 Å². The van der Waals surface area contributed by atoms with Gasteiger partial charge in [-0.3, -0.25) is 9.48 Å². The molecule has 170 valence electrons. The molecule has 2 aromatic rings. The van der Waals surface area contributed by atoms with Gasteiger partial charge in [0.2, 0.25) is 0 Å². The van der Waals surface area contributed by atoms with Crippen LogP contribution in [0.5, 0.6) is 0 Å². The molecule has 4 nitrogen and oxygen atoms in total.